The number of aromatic nitrogens is 2. The van der Waals surface area contributed by atoms with E-state index >= 15 is 0 Å². The first-order chi connectivity index (χ1) is 7.20. The molecule has 15 heavy (non-hydrogen) atoms. The van der Waals surface area contributed by atoms with Crippen molar-refractivity contribution < 1.29 is 0 Å². The molecule has 0 saturated heterocycles. The number of aryl methyl sites for hydroxylation is 1. The number of nitrogens with one attached hydrogen (secondary N) is 1. The minimum Gasteiger partial charge on any atom is -0.304 e. The van der Waals surface area contributed by atoms with Gasteiger partial charge in [-0.3, -0.25) is 0 Å². The second-order valence-electron chi connectivity index (χ2n) is 3.02. The Kier molecular flexibility index (Phi) is 2.35. The van der Waals surface area contributed by atoms with Gasteiger partial charge < -0.3 is 4.98 Å². The van der Waals surface area contributed by atoms with Gasteiger partial charge in [-0.2, -0.15) is 5.26 Å². The van der Waals surface area contributed by atoms with Crippen molar-refractivity contribution in [1.82, 2.24) is 9.97 Å². The number of hydrogen-bond donors (Lipinski definition) is 1. The monoisotopic (exact) mass is 217 g/mol. The van der Waals surface area contributed by atoms with Crippen LogP contribution in [0.4, 0.5) is 0 Å². The highest BCUT2D eigenvalue weighted by Gasteiger charge is 2.06. The van der Waals surface area contributed by atoms with E-state index < -0.39 is 0 Å². The van der Waals surface area contributed by atoms with Crippen LogP contribution in [0.25, 0.3) is 10.6 Å². The number of aromatic amines is 1. The van der Waals surface area contributed by atoms with Gasteiger partial charge in [0.05, 0.1) is 10.6 Å². The van der Waals surface area contributed by atoms with Gasteiger partial charge >= 0.3 is 5.69 Å². The van der Waals surface area contributed by atoms with Crippen molar-refractivity contribution in [2.24, 2.45) is 0 Å². The summed E-state index contributed by atoms with van der Waals surface area (Å²) in [7, 11) is 0. The largest absolute Gasteiger partial charge is 0.345 e. The average Bonchev–Trinajstić information content (AvgIpc) is 2.70. The van der Waals surface area contributed by atoms with Gasteiger partial charge in [-0.05, 0) is 24.6 Å². The maximum atomic E-state index is 11.1. The average molecular weight is 217 g/mol. The Labute approximate surface area is 89.9 Å². The van der Waals surface area contributed by atoms with E-state index in [0.717, 1.165) is 16.1 Å². The molecule has 2 aromatic heterocycles. The fourth-order valence-electron chi connectivity index (χ4n) is 1.25. The molecule has 5 heteroatoms. The van der Waals surface area contributed by atoms with E-state index in [9.17, 15) is 4.79 Å². The van der Waals surface area contributed by atoms with Crippen LogP contribution in [-0.4, -0.2) is 9.97 Å². The van der Waals surface area contributed by atoms with Crippen molar-refractivity contribution >= 4 is 11.3 Å². The van der Waals surface area contributed by atoms with E-state index in [0.29, 0.717) is 4.88 Å². The highest BCUT2D eigenvalue weighted by Crippen LogP contribution is 2.27. The molecule has 1 N–H and O–H groups in total. The molecule has 2 rings (SSSR count). The molecule has 0 unspecified atom stereocenters. The third kappa shape index (κ3) is 1.80. The minimum atomic E-state index is -0.373. The van der Waals surface area contributed by atoms with Crippen LogP contribution >= 0.6 is 11.3 Å². The summed E-state index contributed by atoms with van der Waals surface area (Å²) >= 11 is 1.35. The van der Waals surface area contributed by atoms with Crippen LogP contribution in [-0.2, 0) is 0 Å². The molecule has 0 radical (unpaired) electrons. The quantitative estimate of drug-likeness (QED) is 0.790. The van der Waals surface area contributed by atoms with Crippen molar-refractivity contribution in [3.05, 3.63) is 39.3 Å². The molecule has 0 aromatic carbocycles. The maximum Gasteiger partial charge on any atom is 0.345 e. The molecular weight excluding hydrogens is 210 g/mol. The maximum absolute atomic E-state index is 11.1. The van der Waals surface area contributed by atoms with Crippen LogP contribution in [0.1, 0.15) is 10.4 Å². The molecule has 2 heterocycles. The van der Waals surface area contributed by atoms with E-state index in [1.807, 2.05) is 13.0 Å². The molecule has 0 aliphatic heterocycles. The summed E-state index contributed by atoms with van der Waals surface area (Å²) in [5.41, 5.74) is 1.25. The van der Waals surface area contributed by atoms with Crippen LogP contribution < -0.4 is 5.69 Å². The lowest BCUT2D eigenvalue weighted by atomic mass is 10.2. The van der Waals surface area contributed by atoms with Gasteiger partial charge in [0.25, 0.3) is 0 Å². The van der Waals surface area contributed by atoms with E-state index in [1.54, 1.807) is 6.07 Å². The lowest BCUT2D eigenvalue weighted by Gasteiger charge is -2.00. The molecule has 0 spiro atoms. The normalized spacial score (nSPS) is 9.87. The topological polar surface area (TPSA) is 69.5 Å². The number of nitrogens with zero attached hydrogens (tertiary/aromatic N) is 2. The Morgan fingerprint density at radius 2 is 2.33 bits per heavy atom. The van der Waals surface area contributed by atoms with Gasteiger partial charge in [0, 0.05) is 6.20 Å². The molecule has 0 aliphatic carbocycles. The summed E-state index contributed by atoms with van der Waals surface area (Å²) < 4.78 is 0. The van der Waals surface area contributed by atoms with Crippen LogP contribution in [0, 0.1) is 18.3 Å². The van der Waals surface area contributed by atoms with E-state index in [4.69, 9.17) is 5.26 Å². The summed E-state index contributed by atoms with van der Waals surface area (Å²) in [5.74, 6) is 0. The second kappa shape index (κ2) is 3.67. The number of nitriles is 1. The summed E-state index contributed by atoms with van der Waals surface area (Å²) in [6.45, 7) is 1.87. The number of thiophene rings is 1. The fraction of sp³-hybridized carbons (Fsp3) is 0.100. The summed E-state index contributed by atoms with van der Waals surface area (Å²) in [6.07, 6.45) is 1.53. The number of hydrogen-bond acceptors (Lipinski definition) is 4. The molecular formula is C10H7N3OS. The first-order valence-corrected chi connectivity index (χ1v) is 5.08. The van der Waals surface area contributed by atoms with E-state index in [2.05, 4.69) is 16.0 Å². The Bertz CT molecular complexity index is 591. The van der Waals surface area contributed by atoms with Crippen LogP contribution in [0.15, 0.2) is 23.1 Å². The predicted molar refractivity (Wildman–Crippen MR) is 57.6 cm³/mol. The third-order valence-electron chi connectivity index (χ3n) is 1.96. The van der Waals surface area contributed by atoms with Crippen molar-refractivity contribution in [3.8, 4) is 16.6 Å². The van der Waals surface area contributed by atoms with Gasteiger partial charge in [0.1, 0.15) is 10.9 Å². The van der Waals surface area contributed by atoms with Gasteiger partial charge in [0.2, 0.25) is 0 Å². The van der Waals surface area contributed by atoms with Gasteiger partial charge in [-0.1, -0.05) is 0 Å². The zero-order valence-corrected chi connectivity index (χ0v) is 8.76. The van der Waals surface area contributed by atoms with Gasteiger partial charge in [-0.15, -0.1) is 11.3 Å². The highest BCUT2D eigenvalue weighted by molar-refractivity contribution is 7.16. The molecule has 4 nitrogen and oxygen atoms in total. The standard InChI is InChI=1S/C10H7N3OS/c1-6-5-12-10(14)13-9(6)8-3-2-7(4-11)15-8/h2-3,5H,1H3,(H,12,13,14). The lowest BCUT2D eigenvalue weighted by molar-refractivity contribution is 1.06. The van der Waals surface area contributed by atoms with Crippen molar-refractivity contribution in [2.45, 2.75) is 6.92 Å². The smallest absolute Gasteiger partial charge is 0.304 e. The van der Waals surface area contributed by atoms with Crippen LogP contribution in [0.2, 0.25) is 0 Å². The van der Waals surface area contributed by atoms with Crippen LogP contribution in [0.3, 0.4) is 0 Å². The molecule has 2 aromatic rings. The number of rotatable bonds is 1. The Morgan fingerprint density at radius 3 is 3.00 bits per heavy atom. The summed E-state index contributed by atoms with van der Waals surface area (Å²) in [4.78, 5) is 18.9. The first kappa shape index (κ1) is 9.62. The Morgan fingerprint density at radius 1 is 1.53 bits per heavy atom. The van der Waals surface area contributed by atoms with Crippen molar-refractivity contribution in [2.75, 3.05) is 0 Å². The van der Waals surface area contributed by atoms with Gasteiger partial charge in [0.15, 0.2) is 0 Å². The molecule has 0 amide bonds. The fourth-order valence-corrected chi connectivity index (χ4v) is 2.11. The second-order valence-corrected chi connectivity index (χ2v) is 4.11. The minimum absolute atomic E-state index is 0.373. The van der Waals surface area contributed by atoms with Gasteiger partial charge in [-0.25, -0.2) is 9.78 Å². The zero-order chi connectivity index (χ0) is 10.8. The van der Waals surface area contributed by atoms with Crippen molar-refractivity contribution in [3.63, 3.8) is 0 Å². The van der Waals surface area contributed by atoms with E-state index in [-0.39, 0.29) is 5.69 Å². The van der Waals surface area contributed by atoms with Crippen LogP contribution in [0.5, 0.6) is 0 Å². The first-order valence-electron chi connectivity index (χ1n) is 4.27. The summed E-state index contributed by atoms with van der Waals surface area (Å²) in [6, 6.07) is 5.62. The SMILES string of the molecule is Cc1cnc(=O)[nH]c1-c1ccc(C#N)s1. The molecule has 0 saturated carbocycles. The third-order valence-corrected chi connectivity index (χ3v) is 2.97. The lowest BCUT2D eigenvalue weighted by Crippen LogP contribution is -2.10. The van der Waals surface area contributed by atoms with E-state index in [1.165, 1.54) is 17.5 Å². The molecule has 0 atom stereocenters. The molecule has 0 bridgehead atoms. The highest BCUT2D eigenvalue weighted by atomic mass is 32.1. The zero-order valence-electron chi connectivity index (χ0n) is 7.94. The molecule has 0 fully saturated rings. The molecule has 74 valence electrons. The predicted octanol–water partition coefficient (Wildman–Crippen LogP) is 1.68. The Hall–Kier alpha value is -1.93. The summed E-state index contributed by atoms with van der Waals surface area (Å²) in [5, 5.41) is 8.70. The Balaban J connectivity index is 2.59. The van der Waals surface area contributed by atoms with Crippen molar-refractivity contribution in [1.29, 1.82) is 5.26 Å². The molecule has 0 aliphatic rings. The number of H-pyrrole nitrogens is 1.